The minimum Gasteiger partial charge on any atom is -0.462 e. The Labute approximate surface area is 189 Å². The highest BCUT2D eigenvalue weighted by Crippen LogP contribution is 2.65. The highest BCUT2D eigenvalue weighted by molar-refractivity contribution is 5.66. The van der Waals surface area contributed by atoms with Gasteiger partial charge in [0.05, 0.1) is 0 Å². The summed E-state index contributed by atoms with van der Waals surface area (Å²) in [5.74, 6) is 0.719. The third kappa shape index (κ3) is 3.77. The van der Waals surface area contributed by atoms with Gasteiger partial charge in [0.2, 0.25) is 0 Å². The topological polar surface area (TPSA) is 95.7 Å². The molecule has 0 bridgehead atoms. The number of ether oxygens (including phenoxy) is 2. The van der Waals surface area contributed by atoms with E-state index in [4.69, 9.17) is 9.47 Å². The molecule has 4 rings (SSSR count). The van der Waals surface area contributed by atoms with E-state index < -0.39 is 12.0 Å². The van der Waals surface area contributed by atoms with Gasteiger partial charge in [-0.1, -0.05) is 31.6 Å². The lowest BCUT2D eigenvalue weighted by molar-refractivity contribution is -0.517. The van der Waals surface area contributed by atoms with Crippen LogP contribution in [0.25, 0.3) is 0 Å². The number of hydrogen-bond donors (Lipinski definition) is 0. The van der Waals surface area contributed by atoms with E-state index in [2.05, 4.69) is 26.0 Å². The molecule has 0 spiro atoms. The van der Waals surface area contributed by atoms with Gasteiger partial charge in [-0.3, -0.25) is 19.7 Å². The van der Waals surface area contributed by atoms with Crippen LogP contribution in [-0.2, 0) is 19.1 Å². The molecule has 0 saturated heterocycles. The van der Waals surface area contributed by atoms with E-state index >= 15 is 0 Å². The van der Waals surface area contributed by atoms with Gasteiger partial charge >= 0.3 is 11.9 Å². The van der Waals surface area contributed by atoms with Gasteiger partial charge in [0.15, 0.2) is 6.61 Å². The molecule has 176 valence electrons. The largest absolute Gasteiger partial charge is 0.462 e. The van der Waals surface area contributed by atoms with E-state index in [0.29, 0.717) is 17.8 Å². The molecular weight excluding hydrogens is 410 g/mol. The standard InChI is InChI=1S/C25H35NO6/c1-15(27)31-14-23(26(29)30)22-8-7-20-19-6-5-17-13-18(32-16(2)28)9-11-24(17,3)21(19)10-12-25(20,22)4/h5,8,18-21,23H,6-7,9-14H2,1-4H3/t18-,19-,20-,21-,23?,24-,25-/m0/s1. The lowest BCUT2D eigenvalue weighted by Crippen LogP contribution is -2.51. The summed E-state index contributed by atoms with van der Waals surface area (Å²) in [7, 11) is 0. The number of carbonyl (C=O) groups excluding carboxylic acids is 2. The highest BCUT2D eigenvalue weighted by Gasteiger charge is 2.59. The lowest BCUT2D eigenvalue weighted by Gasteiger charge is -2.57. The lowest BCUT2D eigenvalue weighted by atomic mass is 9.47. The number of nitro groups is 1. The van der Waals surface area contributed by atoms with Crippen molar-refractivity contribution in [2.24, 2.45) is 28.6 Å². The first kappa shape index (κ1) is 23.0. The van der Waals surface area contributed by atoms with Crippen LogP contribution in [0.1, 0.15) is 72.6 Å². The molecule has 0 amide bonds. The molecule has 7 nitrogen and oxygen atoms in total. The highest BCUT2D eigenvalue weighted by atomic mass is 16.6. The Morgan fingerprint density at radius 2 is 1.81 bits per heavy atom. The van der Waals surface area contributed by atoms with Crippen LogP contribution in [0.3, 0.4) is 0 Å². The Hall–Kier alpha value is -2.18. The number of fused-ring (bicyclic) bond motifs is 5. The Morgan fingerprint density at radius 3 is 2.47 bits per heavy atom. The maximum atomic E-state index is 11.9. The molecule has 7 atom stereocenters. The smallest absolute Gasteiger partial charge is 0.302 e. The number of rotatable bonds is 5. The van der Waals surface area contributed by atoms with Crippen molar-refractivity contribution in [3.8, 4) is 0 Å². The van der Waals surface area contributed by atoms with Crippen molar-refractivity contribution in [1.82, 2.24) is 0 Å². The summed E-state index contributed by atoms with van der Waals surface area (Å²) in [6.07, 6.45) is 11.0. The SMILES string of the molecule is CC(=O)OCC(C1=CC[C@H]2[C@@H]3CC=C4C[C@@H](OC(C)=O)CC[C@]4(C)[C@H]3CC[C@]12C)[N+](=O)[O-]. The van der Waals surface area contributed by atoms with E-state index in [1.807, 2.05) is 0 Å². The summed E-state index contributed by atoms with van der Waals surface area (Å²) in [4.78, 5) is 34.3. The molecule has 7 heteroatoms. The Bertz CT molecular complexity index is 878. The second-order valence-corrected chi connectivity index (χ2v) is 10.7. The second-order valence-electron chi connectivity index (χ2n) is 10.7. The zero-order valence-corrected chi connectivity index (χ0v) is 19.6. The zero-order chi connectivity index (χ0) is 23.3. The predicted molar refractivity (Wildman–Crippen MR) is 118 cm³/mol. The van der Waals surface area contributed by atoms with Gasteiger partial charge < -0.3 is 9.47 Å². The fourth-order valence-electron chi connectivity index (χ4n) is 7.54. The van der Waals surface area contributed by atoms with Crippen molar-refractivity contribution in [2.45, 2.75) is 84.8 Å². The third-order valence-corrected chi connectivity index (χ3v) is 9.09. The number of nitrogens with zero attached hydrogens (tertiary/aromatic N) is 1. The van der Waals surface area contributed by atoms with Crippen molar-refractivity contribution in [3.05, 3.63) is 33.4 Å². The van der Waals surface area contributed by atoms with E-state index in [1.54, 1.807) is 0 Å². The van der Waals surface area contributed by atoms with Crippen LogP contribution >= 0.6 is 0 Å². The van der Waals surface area contributed by atoms with Crippen LogP contribution < -0.4 is 0 Å². The van der Waals surface area contributed by atoms with Crippen LogP contribution in [-0.4, -0.2) is 35.6 Å². The van der Waals surface area contributed by atoms with Gasteiger partial charge in [-0.2, -0.15) is 0 Å². The normalized spacial score (nSPS) is 38.9. The first-order valence-corrected chi connectivity index (χ1v) is 11.9. The second kappa shape index (κ2) is 8.31. The third-order valence-electron chi connectivity index (χ3n) is 9.09. The van der Waals surface area contributed by atoms with Gasteiger partial charge in [-0.05, 0) is 67.1 Å². The quantitative estimate of drug-likeness (QED) is 0.265. The Balaban J connectivity index is 1.55. The van der Waals surface area contributed by atoms with Gasteiger partial charge in [-0.25, -0.2) is 0 Å². The van der Waals surface area contributed by atoms with E-state index in [-0.39, 0.29) is 34.4 Å². The molecule has 2 saturated carbocycles. The molecule has 0 aromatic heterocycles. The van der Waals surface area contributed by atoms with Crippen molar-refractivity contribution in [3.63, 3.8) is 0 Å². The fraction of sp³-hybridized carbons (Fsp3) is 0.760. The molecule has 0 radical (unpaired) electrons. The zero-order valence-electron chi connectivity index (χ0n) is 19.6. The van der Waals surface area contributed by atoms with Crippen LogP contribution in [0.4, 0.5) is 0 Å². The first-order chi connectivity index (χ1) is 15.1. The van der Waals surface area contributed by atoms with Crippen LogP contribution in [0.15, 0.2) is 23.3 Å². The summed E-state index contributed by atoms with van der Waals surface area (Å²) < 4.78 is 10.6. The van der Waals surface area contributed by atoms with Crippen molar-refractivity contribution in [1.29, 1.82) is 0 Å². The molecule has 0 heterocycles. The maximum absolute atomic E-state index is 11.9. The fourth-order valence-corrected chi connectivity index (χ4v) is 7.54. The summed E-state index contributed by atoms with van der Waals surface area (Å²) in [5.41, 5.74) is 2.18. The molecule has 32 heavy (non-hydrogen) atoms. The van der Waals surface area contributed by atoms with E-state index in [9.17, 15) is 19.7 Å². The molecule has 0 aromatic carbocycles. The molecule has 2 fully saturated rings. The average Bonchev–Trinajstić information content (AvgIpc) is 3.05. The average molecular weight is 446 g/mol. The van der Waals surface area contributed by atoms with Gasteiger partial charge in [0.1, 0.15) is 6.10 Å². The van der Waals surface area contributed by atoms with Crippen LogP contribution in [0, 0.1) is 38.7 Å². The summed E-state index contributed by atoms with van der Waals surface area (Å²) in [6.45, 7) is 7.15. The Morgan fingerprint density at radius 1 is 1.09 bits per heavy atom. The van der Waals surface area contributed by atoms with E-state index in [1.165, 1.54) is 19.4 Å². The number of esters is 2. The van der Waals surface area contributed by atoms with Crippen LogP contribution in [0.5, 0.6) is 0 Å². The predicted octanol–water partition coefficient (Wildman–Crippen LogP) is 4.63. The minimum absolute atomic E-state index is 0.0147. The molecule has 4 aliphatic rings. The van der Waals surface area contributed by atoms with Crippen molar-refractivity contribution >= 4 is 11.9 Å². The molecule has 4 aliphatic carbocycles. The van der Waals surface area contributed by atoms with Gasteiger partial charge in [-0.15, -0.1) is 0 Å². The summed E-state index contributed by atoms with van der Waals surface area (Å²) >= 11 is 0. The maximum Gasteiger partial charge on any atom is 0.302 e. The van der Waals surface area contributed by atoms with Crippen molar-refractivity contribution in [2.75, 3.05) is 6.61 Å². The van der Waals surface area contributed by atoms with Gasteiger partial charge in [0, 0.05) is 30.8 Å². The molecule has 0 aliphatic heterocycles. The number of carbonyl (C=O) groups is 2. The first-order valence-electron chi connectivity index (χ1n) is 11.9. The molecule has 0 N–H and O–H groups in total. The van der Waals surface area contributed by atoms with Crippen LogP contribution in [0.2, 0.25) is 0 Å². The molecule has 0 aromatic rings. The van der Waals surface area contributed by atoms with E-state index in [0.717, 1.165) is 50.5 Å². The monoisotopic (exact) mass is 445 g/mol. The van der Waals surface area contributed by atoms with Gasteiger partial charge in [0.25, 0.3) is 6.04 Å². The summed E-state index contributed by atoms with van der Waals surface area (Å²) in [5, 5.41) is 11.9. The number of allylic oxidation sites excluding steroid dienone is 2. The summed E-state index contributed by atoms with van der Waals surface area (Å²) in [6, 6.07) is -0.963. The number of hydrogen-bond acceptors (Lipinski definition) is 6. The Kier molecular flexibility index (Phi) is 5.97. The minimum atomic E-state index is -0.963. The molecular formula is C25H35NO6. The molecule has 1 unspecified atom stereocenters. The van der Waals surface area contributed by atoms with Crippen molar-refractivity contribution < 1.29 is 24.0 Å².